The number of rotatable bonds is 10. The van der Waals surface area contributed by atoms with Gasteiger partial charge >= 0.3 is 5.97 Å². The highest BCUT2D eigenvalue weighted by Gasteiger charge is 2.12. The number of carbonyl (C=O) groups excluding carboxylic acids is 1. The van der Waals surface area contributed by atoms with E-state index >= 15 is 0 Å². The zero-order chi connectivity index (χ0) is 16.4. The van der Waals surface area contributed by atoms with Crippen molar-refractivity contribution in [2.24, 2.45) is 5.92 Å². The molecular formula is C16H23NO5. The van der Waals surface area contributed by atoms with Gasteiger partial charge in [-0.1, -0.05) is 19.1 Å². The van der Waals surface area contributed by atoms with E-state index in [9.17, 15) is 9.59 Å². The van der Waals surface area contributed by atoms with E-state index in [2.05, 4.69) is 5.32 Å². The van der Waals surface area contributed by atoms with Gasteiger partial charge in [-0.2, -0.15) is 0 Å². The van der Waals surface area contributed by atoms with Gasteiger partial charge in [0.05, 0.1) is 19.1 Å². The monoisotopic (exact) mass is 309 g/mol. The van der Waals surface area contributed by atoms with Crippen LogP contribution in [-0.4, -0.2) is 36.7 Å². The van der Waals surface area contributed by atoms with Gasteiger partial charge in [0.1, 0.15) is 0 Å². The Kier molecular flexibility index (Phi) is 7.81. The highest BCUT2D eigenvalue weighted by atomic mass is 16.5. The van der Waals surface area contributed by atoms with E-state index in [0.29, 0.717) is 37.6 Å². The number of ether oxygens (including phenoxy) is 2. The van der Waals surface area contributed by atoms with E-state index in [4.69, 9.17) is 14.6 Å². The van der Waals surface area contributed by atoms with Crippen LogP contribution in [0.4, 0.5) is 0 Å². The van der Waals surface area contributed by atoms with Crippen LogP contribution in [0.3, 0.4) is 0 Å². The summed E-state index contributed by atoms with van der Waals surface area (Å²) >= 11 is 0. The summed E-state index contributed by atoms with van der Waals surface area (Å²) in [6.45, 7) is 4.55. The molecule has 22 heavy (non-hydrogen) atoms. The molecule has 0 saturated carbocycles. The normalized spacial score (nSPS) is 11.5. The van der Waals surface area contributed by atoms with E-state index in [1.165, 1.54) is 0 Å². The van der Waals surface area contributed by atoms with Gasteiger partial charge in [-0.3, -0.25) is 9.59 Å². The van der Waals surface area contributed by atoms with Crippen molar-refractivity contribution >= 4 is 11.9 Å². The second-order valence-electron chi connectivity index (χ2n) is 4.88. The first-order valence-electron chi connectivity index (χ1n) is 7.38. The summed E-state index contributed by atoms with van der Waals surface area (Å²) in [6, 6.07) is 7.38. The molecule has 1 unspecified atom stereocenters. The minimum Gasteiger partial charge on any atom is -0.490 e. The van der Waals surface area contributed by atoms with E-state index in [-0.39, 0.29) is 12.5 Å². The molecular weight excluding hydrogens is 286 g/mol. The number of carbonyl (C=O) groups is 2. The van der Waals surface area contributed by atoms with E-state index in [0.717, 1.165) is 0 Å². The zero-order valence-electron chi connectivity index (χ0n) is 13.0. The molecule has 1 aromatic carbocycles. The smallest absolute Gasteiger partial charge is 0.308 e. The van der Waals surface area contributed by atoms with Crippen LogP contribution < -0.4 is 14.8 Å². The van der Waals surface area contributed by atoms with E-state index in [1.54, 1.807) is 6.92 Å². The summed E-state index contributed by atoms with van der Waals surface area (Å²) in [5.41, 5.74) is 0. The number of para-hydroxylation sites is 2. The first-order valence-corrected chi connectivity index (χ1v) is 7.38. The maximum atomic E-state index is 11.6. The molecule has 6 heteroatoms. The summed E-state index contributed by atoms with van der Waals surface area (Å²) in [6.07, 6.45) is 0.844. The Morgan fingerprint density at radius 2 is 1.86 bits per heavy atom. The minimum atomic E-state index is -0.920. The van der Waals surface area contributed by atoms with Crippen LogP contribution in [0.1, 0.15) is 26.7 Å². The van der Waals surface area contributed by atoms with Crippen LogP contribution in [0.15, 0.2) is 24.3 Å². The van der Waals surface area contributed by atoms with Crippen molar-refractivity contribution in [2.75, 3.05) is 19.8 Å². The maximum absolute atomic E-state index is 11.6. The molecule has 122 valence electrons. The lowest BCUT2D eigenvalue weighted by molar-refractivity contribution is -0.141. The Hall–Kier alpha value is -2.24. The zero-order valence-corrected chi connectivity index (χ0v) is 13.0. The topological polar surface area (TPSA) is 84.9 Å². The van der Waals surface area contributed by atoms with Crippen molar-refractivity contribution < 1.29 is 24.2 Å². The van der Waals surface area contributed by atoms with E-state index in [1.807, 2.05) is 31.2 Å². The van der Waals surface area contributed by atoms with Gasteiger partial charge in [0.2, 0.25) is 5.91 Å². The van der Waals surface area contributed by atoms with Crippen LogP contribution in [0.2, 0.25) is 0 Å². The molecule has 0 spiro atoms. The summed E-state index contributed by atoms with van der Waals surface area (Å²) in [5, 5.41) is 11.3. The quantitative estimate of drug-likeness (QED) is 0.646. The van der Waals surface area contributed by atoms with Crippen molar-refractivity contribution in [3.63, 3.8) is 0 Å². The average molecular weight is 309 g/mol. The van der Waals surface area contributed by atoms with Crippen LogP contribution in [0.25, 0.3) is 0 Å². The van der Waals surface area contributed by atoms with Gasteiger partial charge in [-0.15, -0.1) is 0 Å². The van der Waals surface area contributed by atoms with Crippen molar-refractivity contribution in [1.29, 1.82) is 0 Å². The third kappa shape index (κ3) is 6.47. The molecule has 1 aromatic rings. The molecule has 0 bridgehead atoms. The van der Waals surface area contributed by atoms with Gasteiger partial charge in [0.15, 0.2) is 11.5 Å². The Bertz CT molecular complexity index is 489. The number of hydrogen-bond donors (Lipinski definition) is 2. The highest BCUT2D eigenvalue weighted by Crippen LogP contribution is 2.26. The Morgan fingerprint density at radius 1 is 1.23 bits per heavy atom. The van der Waals surface area contributed by atoms with Crippen molar-refractivity contribution in [3.05, 3.63) is 24.3 Å². The number of carboxylic acids is 1. The molecule has 1 atom stereocenters. The van der Waals surface area contributed by atoms with E-state index < -0.39 is 11.9 Å². The SMILES string of the molecule is CCOc1ccccc1OCCCC(=O)NCC(C)C(=O)O. The molecule has 1 rings (SSSR count). The summed E-state index contributed by atoms with van der Waals surface area (Å²) < 4.78 is 11.0. The fourth-order valence-electron chi connectivity index (χ4n) is 1.70. The molecule has 0 aliphatic heterocycles. The lowest BCUT2D eigenvalue weighted by atomic mass is 10.2. The molecule has 0 saturated heterocycles. The van der Waals surface area contributed by atoms with Gasteiger partial charge in [0, 0.05) is 13.0 Å². The predicted molar refractivity (Wildman–Crippen MR) is 82.1 cm³/mol. The molecule has 0 aromatic heterocycles. The molecule has 0 fully saturated rings. The summed E-state index contributed by atoms with van der Waals surface area (Å²) in [4.78, 5) is 22.2. The molecule has 0 aliphatic rings. The molecule has 0 aliphatic carbocycles. The predicted octanol–water partition coefficient (Wildman–Crippen LogP) is 2.08. The second-order valence-corrected chi connectivity index (χ2v) is 4.88. The molecule has 2 N–H and O–H groups in total. The Balaban J connectivity index is 2.25. The molecule has 0 radical (unpaired) electrons. The van der Waals surface area contributed by atoms with Crippen molar-refractivity contribution in [3.8, 4) is 11.5 Å². The Labute approximate surface area is 130 Å². The van der Waals surface area contributed by atoms with Crippen LogP contribution in [0, 0.1) is 5.92 Å². The number of carboxylic acid groups (broad SMARTS) is 1. The number of amides is 1. The van der Waals surface area contributed by atoms with Crippen molar-refractivity contribution in [1.82, 2.24) is 5.32 Å². The highest BCUT2D eigenvalue weighted by molar-refractivity contribution is 5.77. The average Bonchev–Trinajstić information content (AvgIpc) is 2.50. The van der Waals surface area contributed by atoms with Gasteiger partial charge in [0.25, 0.3) is 0 Å². The van der Waals surface area contributed by atoms with Crippen molar-refractivity contribution in [2.45, 2.75) is 26.7 Å². The number of hydrogen-bond acceptors (Lipinski definition) is 4. The lowest BCUT2D eigenvalue weighted by Gasteiger charge is -2.11. The van der Waals surface area contributed by atoms with Gasteiger partial charge in [-0.25, -0.2) is 0 Å². The number of nitrogens with one attached hydrogen (secondary N) is 1. The molecule has 6 nitrogen and oxygen atoms in total. The first-order chi connectivity index (χ1) is 10.5. The maximum Gasteiger partial charge on any atom is 0.308 e. The Morgan fingerprint density at radius 3 is 2.45 bits per heavy atom. The fourth-order valence-corrected chi connectivity index (χ4v) is 1.70. The summed E-state index contributed by atoms with van der Waals surface area (Å²) in [5.74, 6) is -0.335. The van der Waals surface area contributed by atoms with Crippen LogP contribution in [0.5, 0.6) is 11.5 Å². The second kappa shape index (κ2) is 9.65. The standard InChI is InChI=1S/C16H23NO5/c1-3-21-13-7-4-5-8-14(13)22-10-6-9-15(18)17-11-12(2)16(19)20/h4-5,7-8,12H,3,6,9-11H2,1-2H3,(H,17,18)(H,19,20). The third-order valence-electron chi connectivity index (χ3n) is 2.98. The van der Waals surface area contributed by atoms with Crippen LogP contribution >= 0.6 is 0 Å². The minimum absolute atomic E-state index is 0.141. The number of aliphatic carboxylic acids is 1. The molecule has 1 amide bonds. The van der Waals surface area contributed by atoms with Crippen LogP contribution in [-0.2, 0) is 9.59 Å². The van der Waals surface area contributed by atoms with Gasteiger partial charge < -0.3 is 19.9 Å². The van der Waals surface area contributed by atoms with Gasteiger partial charge in [-0.05, 0) is 25.5 Å². The lowest BCUT2D eigenvalue weighted by Crippen LogP contribution is -2.31. The molecule has 0 heterocycles. The third-order valence-corrected chi connectivity index (χ3v) is 2.98. The number of benzene rings is 1. The summed E-state index contributed by atoms with van der Waals surface area (Å²) in [7, 11) is 0. The largest absolute Gasteiger partial charge is 0.490 e. The first kappa shape index (κ1) is 17.8. The fraction of sp³-hybridized carbons (Fsp3) is 0.500.